The third kappa shape index (κ3) is 5.60. The molecule has 0 aromatic heterocycles. The summed E-state index contributed by atoms with van der Waals surface area (Å²) in [4.78, 5) is 14.1. The summed E-state index contributed by atoms with van der Waals surface area (Å²) < 4.78 is 6.06. The summed E-state index contributed by atoms with van der Waals surface area (Å²) in [6, 6.07) is 16.8. The van der Waals surface area contributed by atoms with Crippen molar-refractivity contribution in [1.29, 1.82) is 0 Å². The van der Waals surface area contributed by atoms with Gasteiger partial charge in [0.05, 0.1) is 6.61 Å². The van der Waals surface area contributed by atoms with Gasteiger partial charge in [-0.2, -0.15) is 0 Å². The number of amides is 1. The molecule has 4 nitrogen and oxygen atoms in total. The summed E-state index contributed by atoms with van der Waals surface area (Å²) in [7, 11) is 0. The van der Waals surface area contributed by atoms with Crippen LogP contribution in [0.2, 0.25) is 0 Å². The van der Waals surface area contributed by atoms with Gasteiger partial charge in [0, 0.05) is 24.2 Å². The topological polar surface area (TPSA) is 41.6 Å². The summed E-state index contributed by atoms with van der Waals surface area (Å²) in [6.07, 6.45) is 7.53. The highest BCUT2D eigenvalue weighted by molar-refractivity contribution is 5.94. The van der Waals surface area contributed by atoms with Crippen molar-refractivity contribution in [2.45, 2.75) is 44.9 Å². The van der Waals surface area contributed by atoms with Crippen LogP contribution in [-0.2, 0) is 17.6 Å². The van der Waals surface area contributed by atoms with Gasteiger partial charge in [-0.1, -0.05) is 36.4 Å². The highest BCUT2D eigenvalue weighted by atomic mass is 16.5. The minimum absolute atomic E-state index is 0.0989. The van der Waals surface area contributed by atoms with Gasteiger partial charge in [0.25, 0.3) is 0 Å². The van der Waals surface area contributed by atoms with E-state index in [9.17, 15) is 4.79 Å². The van der Waals surface area contributed by atoms with E-state index in [4.69, 9.17) is 4.74 Å². The lowest BCUT2D eigenvalue weighted by molar-refractivity contribution is -0.116. The molecule has 0 unspecified atom stereocenters. The summed E-state index contributed by atoms with van der Waals surface area (Å²) in [5.41, 5.74) is 3.53. The molecule has 4 rings (SSSR count). The fraction of sp³-hybridized carbons (Fsp3) is 0.480. The summed E-state index contributed by atoms with van der Waals surface area (Å²) in [5.74, 6) is 1.90. The molecular weight excluding hydrogens is 360 g/mol. The van der Waals surface area contributed by atoms with Crippen LogP contribution < -0.4 is 10.1 Å². The lowest BCUT2D eigenvalue weighted by Gasteiger charge is -2.32. The maximum atomic E-state index is 11.6. The van der Waals surface area contributed by atoms with Crippen molar-refractivity contribution in [3.63, 3.8) is 0 Å². The maximum Gasteiger partial charge on any atom is 0.224 e. The molecule has 154 valence electrons. The zero-order valence-corrected chi connectivity index (χ0v) is 17.2. The molecule has 0 bridgehead atoms. The van der Waals surface area contributed by atoms with Crippen LogP contribution in [0.3, 0.4) is 0 Å². The molecule has 0 atom stereocenters. The fourth-order valence-electron chi connectivity index (χ4n) is 4.51. The molecule has 2 aliphatic rings. The molecular formula is C25H32N2O2. The second-order valence-corrected chi connectivity index (χ2v) is 8.34. The molecule has 0 radical (unpaired) electrons. The first-order valence-corrected chi connectivity index (χ1v) is 11.1. The van der Waals surface area contributed by atoms with Gasteiger partial charge < -0.3 is 15.0 Å². The molecule has 29 heavy (non-hydrogen) atoms. The van der Waals surface area contributed by atoms with Crippen molar-refractivity contribution < 1.29 is 9.53 Å². The molecule has 0 aliphatic carbocycles. The Bertz CT molecular complexity index is 798. The molecule has 4 heteroatoms. The minimum atomic E-state index is 0.0989. The van der Waals surface area contributed by atoms with E-state index in [-0.39, 0.29) is 5.91 Å². The average Bonchev–Trinajstić information content (AvgIpc) is 2.76. The molecule has 2 heterocycles. The fourth-order valence-corrected chi connectivity index (χ4v) is 4.51. The molecule has 1 N–H and O–H groups in total. The lowest BCUT2D eigenvalue weighted by atomic mass is 9.90. The minimum Gasteiger partial charge on any atom is -0.493 e. The Morgan fingerprint density at radius 3 is 2.66 bits per heavy atom. The summed E-state index contributed by atoms with van der Waals surface area (Å²) >= 11 is 0. The number of rotatable bonds is 8. The van der Waals surface area contributed by atoms with Crippen LogP contribution in [0.1, 0.15) is 43.2 Å². The Balaban J connectivity index is 1.14. The number of piperidine rings is 1. The smallest absolute Gasteiger partial charge is 0.224 e. The zero-order chi connectivity index (χ0) is 19.9. The standard InChI is InChI=1S/C25H32N2O2/c28-25-13-12-22-23(26-25)8-4-9-24(22)29-19-5-16-27-17-14-21(15-18-27)11-10-20-6-2-1-3-7-20/h1-4,6-9,21H,5,10-19H2,(H,26,28). The molecule has 2 aromatic carbocycles. The number of nitrogens with zero attached hydrogens (tertiary/aromatic N) is 1. The average molecular weight is 393 g/mol. The Hall–Kier alpha value is -2.33. The number of likely N-dealkylation sites (tertiary alicyclic amines) is 1. The molecule has 2 aliphatic heterocycles. The lowest BCUT2D eigenvalue weighted by Crippen LogP contribution is -2.35. The molecule has 0 spiro atoms. The Morgan fingerprint density at radius 2 is 1.83 bits per heavy atom. The van der Waals surface area contributed by atoms with Gasteiger partial charge in [0.15, 0.2) is 0 Å². The van der Waals surface area contributed by atoms with Crippen molar-refractivity contribution in [2.24, 2.45) is 5.92 Å². The van der Waals surface area contributed by atoms with Crippen molar-refractivity contribution >= 4 is 11.6 Å². The maximum absolute atomic E-state index is 11.6. The second kappa shape index (κ2) is 9.93. The zero-order valence-electron chi connectivity index (χ0n) is 17.2. The predicted molar refractivity (Wildman–Crippen MR) is 117 cm³/mol. The largest absolute Gasteiger partial charge is 0.493 e. The van der Waals surface area contributed by atoms with Gasteiger partial charge in [-0.05, 0) is 75.2 Å². The summed E-state index contributed by atoms with van der Waals surface area (Å²) in [6.45, 7) is 4.27. The predicted octanol–water partition coefficient (Wildman–Crippen LogP) is 4.69. The van der Waals surface area contributed by atoms with Crippen molar-refractivity contribution in [3.05, 3.63) is 59.7 Å². The van der Waals surface area contributed by atoms with Gasteiger partial charge in [0.2, 0.25) is 5.91 Å². The van der Waals surface area contributed by atoms with Crippen LogP contribution in [0.25, 0.3) is 0 Å². The monoisotopic (exact) mass is 392 g/mol. The van der Waals surface area contributed by atoms with Crippen LogP contribution in [-0.4, -0.2) is 37.0 Å². The van der Waals surface area contributed by atoms with Crippen LogP contribution in [0.4, 0.5) is 5.69 Å². The SMILES string of the molecule is O=C1CCc2c(cccc2OCCCN2CCC(CCc3ccccc3)CC2)N1. The van der Waals surface area contributed by atoms with E-state index in [0.717, 1.165) is 48.9 Å². The first-order chi connectivity index (χ1) is 14.3. The van der Waals surface area contributed by atoms with Crippen molar-refractivity contribution in [3.8, 4) is 5.75 Å². The number of hydrogen-bond acceptors (Lipinski definition) is 3. The number of hydrogen-bond donors (Lipinski definition) is 1. The third-order valence-corrected chi connectivity index (χ3v) is 6.28. The number of anilines is 1. The molecule has 1 amide bonds. The first-order valence-electron chi connectivity index (χ1n) is 11.1. The number of ether oxygens (including phenoxy) is 1. The van der Waals surface area contributed by atoms with E-state index in [1.54, 1.807) is 0 Å². The van der Waals surface area contributed by atoms with Crippen LogP contribution in [0.15, 0.2) is 48.5 Å². The third-order valence-electron chi connectivity index (χ3n) is 6.28. The number of nitrogens with one attached hydrogen (secondary N) is 1. The van der Waals surface area contributed by atoms with Crippen molar-refractivity contribution in [2.75, 3.05) is 31.6 Å². The van der Waals surface area contributed by atoms with Gasteiger partial charge in [0.1, 0.15) is 5.75 Å². The Labute approximate surface area is 174 Å². The van der Waals surface area contributed by atoms with Gasteiger partial charge >= 0.3 is 0 Å². The number of fused-ring (bicyclic) bond motifs is 1. The molecule has 2 aromatic rings. The number of aryl methyl sites for hydroxylation is 1. The van der Waals surface area contributed by atoms with Gasteiger partial charge in [-0.3, -0.25) is 4.79 Å². The summed E-state index contributed by atoms with van der Waals surface area (Å²) in [5, 5.41) is 2.94. The Morgan fingerprint density at radius 1 is 1.00 bits per heavy atom. The van der Waals surface area contributed by atoms with Crippen LogP contribution in [0.5, 0.6) is 5.75 Å². The van der Waals surface area contributed by atoms with Crippen LogP contribution >= 0.6 is 0 Å². The number of carbonyl (C=O) groups excluding carboxylic acids is 1. The molecule has 1 saturated heterocycles. The van der Waals surface area contributed by atoms with E-state index < -0.39 is 0 Å². The van der Waals surface area contributed by atoms with E-state index in [2.05, 4.69) is 40.5 Å². The Kier molecular flexibility index (Phi) is 6.83. The number of carbonyl (C=O) groups is 1. The quantitative estimate of drug-likeness (QED) is 0.663. The van der Waals surface area contributed by atoms with Crippen LogP contribution in [0, 0.1) is 5.92 Å². The van der Waals surface area contributed by atoms with Gasteiger partial charge in [-0.25, -0.2) is 0 Å². The van der Waals surface area contributed by atoms with Gasteiger partial charge in [-0.15, -0.1) is 0 Å². The van der Waals surface area contributed by atoms with Crippen molar-refractivity contribution in [1.82, 2.24) is 4.90 Å². The highest BCUT2D eigenvalue weighted by Gasteiger charge is 2.20. The highest BCUT2D eigenvalue weighted by Crippen LogP contribution is 2.31. The van der Waals surface area contributed by atoms with E-state index in [0.29, 0.717) is 6.42 Å². The molecule has 1 fully saturated rings. The second-order valence-electron chi connectivity index (χ2n) is 8.34. The first kappa shape index (κ1) is 20.0. The van der Waals surface area contributed by atoms with E-state index in [1.807, 2.05) is 18.2 Å². The van der Waals surface area contributed by atoms with E-state index in [1.165, 1.54) is 44.3 Å². The van der Waals surface area contributed by atoms with E-state index >= 15 is 0 Å². The molecule has 0 saturated carbocycles. The normalized spacial score (nSPS) is 17.6. The number of benzene rings is 2.